The minimum atomic E-state index is 0.712. The van der Waals surface area contributed by atoms with Crippen LogP contribution in [0.4, 0.5) is 17.5 Å². The lowest BCUT2D eigenvalue weighted by molar-refractivity contribution is 0.442. The topological polar surface area (TPSA) is 41.1 Å². The molecule has 3 rings (SSSR count). The number of hydrogen-bond acceptors (Lipinski definition) is 4. The zero-order chi connectivity index (χ0) is 16.4. The number of hydrogen-bond donors (Lipinski definition) is 1. The van der Waals surface area contributed by atoms with Gasteiger partial charge in [0.1, 0.15) is 5.82 Å². The fourth-order valence-electron chi connectivity index (χ4n) is 3.32. The van der Waals surface area contributed by atoms with Crippen molar-refractivity contribution >= 4 is 17.5 Å². The summed E-state index contributed by atoms with van der Waals surface area (Å²) in [7, 11) is 0. The van der Waals surface area contributed by atoms with Crippen molar-refractivity contribution in [2.24, 2.45) is 5.92 Å². The van der Waals surface area contributed by atoms with E-state index in [-0.39, 0.29) is 0 Å². The molecule has 0 radical (unpaired) electrons. The van der Waals surface area contributed by atoms with E-state index in [4.69, 9.17) is 4.98 Å². The van der Waals surface area contributed by atoms with Gasteiger partial charge in [-0.1, -0.05) is 13.0 Å². The van der Waals surface area contributed by atoms with Gasteiger partial charge in [-0.05, 0) is 62.8 Å². The van der Waals surface area contributed by atoms with Gasteiger partial charge >= 0.3 is 0 Å². The average Bonchev–Trinajstić information content (AvgIpc) is 2.45. The van der Waals surface area contributed by atoms with Crippen molar-refractivity contribution in [3.8, 4) is 0 Å². The number of aromatic nitrogens is 2. The van der Waals surface area contributed by atoms with Gasteiger partial charge in [-0.25, -0.2) is 4.98 Å². The maximum Gasteiger partial charge on any atom is 0.227 e. The van der Waals surface area contributed by atoms with Crippen molar-refractivity contribution in [3.05, 3.63) is 41.1 Å². The Bertz CT molecular complexity index is 676. The Morgan fingerprint density at radius 1 is 1.04 bits per heavy atom. The molecule has 1 fully saturated rings. The summed E-state index contributed by atoms with van der Waals surface area (Å²) in [5.74, 6) is 2.43. The fraction of sp³-hybridized carbons (Fsp3) is 0.474. The molecule has 23 heavy (non-hydrogen) atoms. The van der Waals surface area contributed by atoms with E-state index in [9.17, 15) is 0 Å². The van der Waals surface area contributed by atoms with Crippen LogP contribution in [0.2, 0.25) is 0 Å². The van der Waals surface area contributed by atoms with Gasteiger partial charge in [-0.3, -0.25) is 0 Å². The summed E-state index contributed by atoms with van der Waals surface area (Å²) in [6.07, 6.45) is 2.52. The molecular formula is C19H26N4. The number of benzene rings is 1. The molecule has 1 aliphatic rings. The van der Waals surface area contributed by atoms with Crippen LogP contribution in [0.1, 0.15) is 36.6 Å². The quantitative estimate of drug-likeness (QED) is 0.913. The van der Waals surface area contributed by atoms with Gasteiger partial charge in [0.25, 0.3) is 0 Å². The van der Waals surface area contributed by atoms with Crippen molar-refractivity contribution in [2.75, 3.05) is 23.3 Å². The number of anilines is 3. The molecule has 2 heterocycles. The van der Waals surface area contributed by atoms with E-state index in [0.717, 1.165) is 36.2 Å². The van der Waals surface area contributed by atoms with E-state index in [2.05, 4.69) is 54.2 Å². The third-order valence-corrected chi connectivity index (χ3v) is 4.28. The molecule has 1 N–H and O–H groups in total. The summed E-state index contributed by atoms with van der Waals surface area (Å²) >= 11 is 0. The van der Waals surface area contributed by atoms with Crippen molar-refractivity contribution < 1.29 is 0 Å². The van der Waals surface area contributed by atoms with E-state index in [1.54, 1.807) is 0 Å². The van der Waals surface area contributed by atoms with Gasteiger partial charge in [0, 0.05) is 30.5 Å². The lowest BCUT2D eigenvalue weighted by Crippen LogP contribution is -2.35. The van der Waals surface area contributed by atoms with Crippen LogP contribution in [-0.4, -0.2) is 23.1 Å². The smallest absolute Gasteiger partial charge is 0.227 e. The maximum atomic E-state index is 4.75. The van der Waals surface area contributed by atoms with Crippen LogP contribution in [-0.2, 0) is 0 Å². The second-order valence-corrected chi connectivity index (χ2v) is 6.89. The zero-order valence-corrected chi connectivity index (χ0v) is 14.6. The second-order valence-electron chi connectivity index (χ2n) is 6.89. The molecule has 1 unspecified atom stereocenters. The highest BCUT2D eigenvalue weighted by Crippen LogP contribution is 2.24. The van der Waals surface area contributed by atoms with Crippen LogP contribution in [0, 0.1) is 26.7 Å². The summed E-state index contributed by atoms with van der Waals surface area (Å²) in [5.41, 5.74) is 4.59. The predicted octanol–water partition coefficient (Wildman–Crippen LogP) is 4.38. The van der Waals surface area contributed by atoms with Gasteiger partial charge in [0.05, 0.1) is 0 Å². The lowest BCUT2D eigenvalue weighted by Gasteiger charge is -2.31. The van der Waals surface area contributed by atoms with Gasteiger partial charge in [0.15, 0.2) is 0 Å². The Balaban J connectivity index is 1.85. The van der Waals surface area contributed by atoms with Gasteiger partial charge < -0.3 is 10.2 Å². The molecule has 1 atom stereocenters. The standard InChI is InChI=1S/C19H26N4/c1-13-6-5-7-23(12-13)19-20-16(4)11-18(22-19)21-17-9-14(2)8-15(3)10-17/h8-11,13H,5-7,12H2,1-4H3,(H,20,21,22). The summed E-state index contributed by atoms with van der Waals surface area (Å²) in [6, 6.07) is 8.48. The third kappa shape index (κ3) is 4.01. The maximum absolute atomic E-state index is 4.75. The largest absolute Gasteiger partial charge is 0.340 e. The summed E-state index contributed by atoms with van der Waals surface area (Å²) in [6.45, 7) is 10.7. The zero-order valence-electron chi connectivity index (χ0n) is 14.6. The number of nitrogens with one attached hydrogen (secondary N) is 1. The molecule has 4 nitrogen and oxygen atoms in total. The van der Waals surface area contributed by atoms with Crippen molar-refractivity contribution in [1.29, 1.82) is 0 Å². The van der Waals surface area contributed by atoms with E-state index < -0.39 is 0 Å². The van der Waals surface area contributed by atoms with Crippen LogP contribution >= 0.6 is 0 Å². The summed E-state index contributed by atoms with van der Waals surface area (Å²) in [5, 5.41) is 3.44. The van der Waals surface area contributed by atoms with Crippen LogP contribution in [0.5, 0.6) is 0 Å². The SMILES string of the molecule is Cc1cc(C)cc(Nc2cc(C)nc(N3CCCC(C)C3)n2)c1. The first kappa shape index (κ1) is 15.8. The highest BCUT2D eigenvalue weighted by atomic mass is 15.3. The van der Waals surface area contributed by atoms with E-state index in [1.165, 1.54) is 24.0 Å². The fourth-order valence-corrected chi connectivity index (χ4v) is 3.32. The highest BCUT2D eigenvalue weighted by molar-refractivity contribution is 5.59. The van der Waals surface area contributed by atoms with Crippen LogP contribution in [0.15, 0.2) is 24.3 Å². The summed E-state index contributed by atoms with van der Waals surface area (Å²) < 4.78 is 0. The predicted molar refractivity (Wildman–Crippen MR) is 96.6 cm³/mol. The molecule has 1 saturated heterocycles. The van der Waals surface area contributed by atoms with Gasteiger partial charge in [-0.15, -0.1) is 0 Å². The van der Waals surface area contributed by atoms with Crippen molar-refractivity contribution in [1.82, 2.24) is 9.97 Å². The van der Waals surface area contributed by atoms with Crippen LogP contribution in [0.25, 0.3) is 0 Å². The van der Waals surface area contributed by atoms with Crippen LogP contribution in [0.3, 0.4) is 0 Å². The van der Waals surface area contributed by atoms with E-state index in [0.29, 0.717) is 5.92 Å². The Hall–Kier alpha value is -2.10. The lowest BCUT2D eigenvalue weighted by atomic mass is 10.0. The number of piperidine rings is 1. The molecule has 0 aliphatic carbocycles. The Labute approximate surface area is 139 Å². The Morgan fingerprint density at radius 2 is 1.78 bits per heavy atom. The number of rotatable bonds is 3. The first-order valence-electron chi connectivity index (χ1n) is 8.45. The molecule has 2 aromatic rings. The molecule has 1 aliphatic heterocycles. The molecule has 0 bridgehead atoms. The molecule has 0 saturated carbocycles. The minimum absolute atomic E-state index is 0.712. The van der Waals surface area contributed by atoms with Gasteiger partial charge in [0.2, 0.25) is 5.95 Å². The molecule has 0 amide bonds. The van der Waals surface area contributed by atoms with Crippen molar-refractivity contribution in [3.63, 3.8) is 0 Å². The van der Waals surface area contributed by atoms with Gasteiger partial charge in [-0.2, -0.15) is 4.98 Å². The van der Waals surface area contributed by atoms with Crippen LogP contribution < -0.4 is 10.2 Å². The second kappa shape index (κ2) is 6.57. The first-order valence-corrected chi connectivity index (χ1v) is 8.45. The monoisotopic (exact) mass is 310 g/mol. The normalized spacial score (nSPS) is 18.1. The number of nitrogens with zero attached hydrogens (tertiary/aromatic N) is 3. The Kier molecular flexibility index (Phi) is 4.51. The van der Waals surface area contributed by atoms with Crippen molar-refractivity contribution in [2.45, 2.75) is 40.5 Å². The molecule has 122 valence electrons. The highest BCUT2D eigenvalue weighted by Gasteiger charge is 2.19. The summed E-state index contributed by atoms with van der Waals surface area (Å²) in [4.78, 5) is 11.7. The third-order valence-electron chi connectivity index (χ3n) is 4.28. The molecular weight excluding hydrogens is 284 g/mol. The van der Waals surface area contributed by atoms with E-state index >= 15 is 0 Å². The number of aryl methyl sites for hydroxylation is 3. The first-order chi connectivity index (χ1) is 11.0. The van der Waals surface area contributed by atoms with E-state index in [1.807, 2.05) is 13.0 Å². The minimum Gasteiger partial charge on any atom is -0.340 e. The molecule has 1 aromatic carbocycles. The molecule has 0 spiro atoms. The average molecular weight is 310 g/mol. The molecule has 1 aromatic heterocycles. The Morgan fingerprint density at radius 3 is 2.48 bits per heavy atom. The molecule has 4 heteroatoms.